The highest BCUT2D eigenvalue weighted by Crippen LogP contribution is 2.33. The first-order chi connectivity index (χ1) is 14.3. The molecule has 0 aliphatic rings. The molecule has 0 unspecified atom stereocenters. The third-order valence-corrected chi connectivity index (χ3v) is 5.30. The number of aryl methyl sites for hydroxylation is 2. The summed E-state index contributed by atoms with van der Waals surface area (Å²) in [6.07, 6.45) is 6.04. The molecule has 0 amide bonds. The predicted molar refractivity (Wildman–Crippen MR) is 130 cm³/mol. The van der Waals surface area contributed by atoms with E-state index in [0.717, 1.165) is 46.4 Å². The van der Waals surface area contributed by atoms with Crippen LogP contribution >= 0.6 is 0 Å². The number of rotatable bonds is 8. The summed E-state index contributed by atoms with van der Waals surface area (Å²) in [5, 5.41) is 0. The normalized spacial score (nSPS) is 13.1. The molecule has 2 nitrogen and oxygen atoms in total. The first-order valence-electron chi connectivity index (χ1n) is 10.9. The number of carbonyl (C=O) groups excluding carboxylic acids is 1. The highest BCUT2D eigenvalue weighted by atomic mass is 16.1. The van der Waals surface area contributed by atoms with Gasteiger partial charge in [-0.2, -0.15) is 0 Å². The molecule has 0 saturated heterocycles. The molecule has 2 aromatic rings. The summed E-state index contributed by atoms with van der Waals surface area (Å²) in [5.41, 5.74) is 9.04. The molecule has 30 heavy (non-hydrogen) atoms. The monoisotopic (exact) mass is 401 g/mol. The molecule has 0 heterocycles. The SMILES string of the molecule is C/C=C(\C(=C/C(C)=O)C(C)C)c1cc(CCC)ccc1/C(=N\C)c1ccc(C)cc1. The van der Waals surface area contributed by atoms with Crippen LogP contribution in [0.25, 0.3) is 5.57 Å². The van der Waals surface area contributed by atoms with Crippen LogP contribution in [0.2, 0.25) is 0 Å². The molecule has 0 atom stereocenters. The maximum atomic E-state index is 12.0. The van der Waals surface area contributed by atoms with Crippen molar-refractivity contribution in [1.82, 2.24) is 0 Å². The molecule has 0 N–H and O–H groups in total. The second-order valence-electron chi connectivity index (χ2n) is 8.14. The van der Waals surface area contributed by atoms with Crippen LogP contribution in [0.1, 0.15) is 68.9 Å². The molecule has 0 aliphatic heterocycles. The van der Waals surface area contributed by atoms with E-state index in [1.807, 2.05) is 7.05 Å². The zero-order chi connectivity index (χ0) is 22.3. The number of allylic oxidation sites excluding steroid dienone is 4. The topological polar surface area (TPSA) is 29.4 Å². The summed E-state index contributed by atoms with van der Waals surface area (Å²) < 4.78 is 0. The fourth-order valence-electron chi connectivity index (χ4n) is 3.83. The van der Waals surface area contributed by atoms with E-state index >= 15 is 0 Å². The lowest BCUT2D eigenvalue weighted by Crippen LogP contribution is -2.10. The Bertz CT molecular complexity index is 972. The van der Waals surface area contributed by atoms with Gasteiger partial charge in [0.25, 0.3) is 0 Å². The molecule has 2 aromatic carbocycles. The quantitative estimate of drug-likeness (QED) is 0.266. The van der Waals surface area contributed by atoms with E-state index in [1.54, 1.807) is 13.0 Å². The maximum Gasteiger partial charge on any atom is 0.152 e. The minimum atomic E-state index is 0.0761. The third kappa shape index (κ3) is 5.66. The highest BCUT2D eigenvalue weighted by Gasteiger charge is 2.19. The minimum absolute atomic E-state index is 0.0761. The zero-order valence-electron chi connectivity index (χ0n) is 19.5. The molecule has 0 aromatic heterocycles. The van der Waals surface area contributed by atoms with Crippen LogP contribution < -0.4 is 0 Å². The van der Waals surface area contributed by atoms with E-state index in [9.17, 15) is 4.79 Å². The summed E-state index contributed by atoms with van der Waals surface area (Å²) in [7, 11) is 1.85. The molecule has 0 radical (unpaired) electrons. The van der Waals surface area contributed by atoms with Crippen molar-refractivity contribution in [2.24, 2.45) is 10.9 Å². The first kappa shape index (κ1) is 23.5. The Morgan fingerprint density at radius 3 is 2.23 bits per heavy atom. The van der Waals surface area contributed by atoms with Crippen LogP contribution in [0.5, 0.6) is 0 Å². The van der Waals surface area contributed by atoms with Crippen molar-refractivity contribution in [2.75, 3.05) is 7.05 Å². The van der Waals surface area contributed by atoms with Crippen LogP contribution in [-0.4, -0.2) is 18.5 Å². The molecule has 0 aliphatic carbocycles. The molecule has 0 spiro atoms. The molecule has 0 bridgehead atoms. The smallest absolute Gasteiger partial charge is 0.152 e. The Labute approximate surface area is 182 Å². The standard InChI is InChI=1S/C28H35NO/c1-8-10-22-13-16-25(28(29-7)23-14-11-20(5)12-15-23)27(18-22)24(9-2)26(19(3)4)17-21(6)30/h9,11-19H,8,10H2,1-7H3/b24-9+,26-17-,29-28-. The molecule has 0 fully saturated rings. The van der Waals surface area contributed by atoms with Crippen LogP contribution in [-0.2, 0) is 11.2 Å². The predicted octanol–water partition coefficient (Wildman–Crippen LogP) is 6.99. The summed E-state index contributed by atoms with van der Waals surface area (Å²) in [6.45, 7) is 12.2. The van der Waals surface area contributed by atoms with Gasteiger partial charge < -0.3 is 0 Å². The Morgan fingerprint density at radius 2 is 1.73 bits per heavy atom. The number of hydrogen-bond donors (Lipinski definition) is 0. The van der Waals surface area contributed by atoms with E-state index in [2.05, 4.69) is 88.2 Å². The number of hydrogen-bond acceptors (Lipinski definition) is 2. The van der Waals surface area contributed by atoms with Gasteiger partial charge in [0, 0.05) is 18.2 Å². The first-order valence-corrected chi connectivity index (χ1v) is 10.9. The Morgan fingerprint density at radius 1 is 1.07 bits per heavy atom. The Hall–Kier alpha value is -2.74. The average Bonchev–Trinajstić information content (AvgIpc) is 2.71. The maximum absolute atomic E-state index is 12.0. The summed E-state index contributed by atoms with van der Waals surface area (Å²) in [4.78, 5) is 16.7. The Balaban J connectivity index is 2.76. The van der Waals surface area contributed by atoms with Gasteiger partial charge in [0.2, 0.25) is 0 Å². The largest absolute Gasteiger partial charge is 0.295 e. The van der Waals surface area contributed by atoms with Crippen molar-refractivity contribution >= 4 is 17.1 Å². The Kier molecular flexibility index (Phi) is 8.53. The number of benzene rings is 2. The van der Waals surface area contributed by atoms with Crippen molar-refractivity contribution in [3.05, 3.63) is 88.0 Å². The second kappa shape index (κ2) is 10.9. The van der Waals surface area contributed by atoms with Gasteiger partial charge in [0.1, 0.15) is 0 Å². The number of nitrogens with zero attached hydrogens (tertiary/aromatic N) is 1. The van der Waals surface area contributed by atoms with Gasteiger partial charge in [-0.25, -0.2) is 0 Å². The van der Waals surface area contributed by atoms with Gasteiger partial charge in [-0.15, -0.1) is 0 Å². The van der Waals surface area contributed by atoms with E-state index in [-0.39, 0.29) is 11.7 Å². The average molecular weight is 402 g/mol. The van der Waals surface area contributed by atoms with Gasteiger partial charge in [0.05, 0.1) is 5.71 Å². The van der Waals surface area contributed by atoms with Crippen molar-refractivity contribution < 1.29 is 4.79 Å². The fourth-order valence-corrected chi connectivity index (χ4v) is 3.83. The lowest BCUT2D eigenvalue weighted by Gasteiger charge is -2.21. The molecule has 158 valence electrons. The number of aliphatic imine (C=N–C) groups is 1. The number of carbonyl (C=O) groups is 1. The van der Waals surface area contributed by atoms with Gasteiger partial charge in [-0.05, 0) is 61.5 Å². The van der Waals surface area contributed by atoms with Crippen molar-refractivity contribution in [1.29, 1.82) is 0 Å². The van der Waals surface area contributed by atoms with Crippen LogP contribution in [0, 0.1) is 12.8 Å². The summed E-state index contributed by atoms with van der Waals surface area (Å²) in [5.74, 6) is 0.316. The second-order valence-corrected chi connectivity index (χ2v) is 8.14. The lowest BCUT2D eigenvalue weighted by molar-refractivity contribution is -0.112. The molecule has 2 rings (SSSR count). The van der Waals surface area contributed by atoms with Crippen molar-refractivity contribution in [2.45, 2.75) is 54.4 Å². The van der Waals surface area contributed by atoms with Crippen molar-refractivity contribution in [3.63, 3.8) is 0 Å². The molecular formula is C28H35NO. The molecular weight excluding hydrogens is 366 g/mol. The van der Waals surface area contributed by atoms with E-state index in [1.165, 1.54) is 11.1 Å². The lowest BCUT2D eigenvalue weighted by atomic mass is 9.83. The van der Waals surface area contributed by atoms with Crippen LogP contribution in [0.4, 0.5) is 0 Å². The van der Waals surface area contributed by atoms with Crippen LogP contribution in [0.3, 0.4) is 0 Å². The van der Waals surface area contributed by atoms with E-state index < -0.39 is 0 Å². The minimum Gasteiger partial charge on any atom is -0.295 e. The summed E-state index contributed by atoms with van der Waals surface area (Å²) >= 11 is 0. The van der Waals surface area contributed by atoms with Gasteiger partial charge in [0.15, 0.2) is 5.78 Å². The van der Waals surface area contributed by atoms with Crippen LogP contribution in [0.15, 0.2) is 65.2 Å². The van der Waals surface area contributed by atoms with Gasteiger partial charge in [-0.1, -0.05) is 81.3 Å². The third-order valence-electron chi connectivity index (χ3n) is 5.30. The molecule has 0 saturated carbocycles. The summed E-state index contributed by atoms with van der Waals surface area (Å²) in [6, 6.07) is 15.2. The zero-order valence-corrected chi connectivity index (χ0v) is 19.5. The number of ketones is 1. The fraction of sp³-hybridized carbons (Fsp3) is 0.357. The van der Waals surface area contributed by atoms with Gasteiger partial charge >= 0.3 is 0 Å². The molecule has 2 heteroatoms. The van der Waals surface area contributed by atoms with Gasteiger partial charge in [-0.3, -0.25) is 9.79 Å². The van der Waals surface area contributed by atoms with E-state index in [4.69, 9.17) is 0 Å². The highest BCUT2D eigenvalue weighted by molar-refractivity contribution is 6.16. The van der Waals surface area contributed by atoms with E-state index in [0.29, 0.717) is 0 Å². The van der Waals surface area contributed by atoms with Crippen molar-refractivity contribution in [3.8, 4) is 0 Å².